The van der Waals surface area contributed by atoms with Crippen LogP contribution in [-0.4, -0.2) is 24.9 Å². The molecule has 0 saturated carbocycles. The van der Waals surface area contributed by atoms with E-state index in [2.05, 4.69) is 10.0 Å². The van der Waals surface area contributed by atoms with E-state index in [1.165, 1.54) is 0 Å². The Morgan fingerprint density at radius 1 is 1.40 bits per heavy atom. The lowest BCUT2D eigenvalue weighted by Crippen LogP contribution is -2.39. The number of nitrogens with one attached hydrogen (secondary N) is 1. The molecular weight excluding hydrogens is 277 g/mol. The summed E-state index contributed by atoms with van der Waals surface area (Å²) in [5.41, 5.74) is 8.73. The molecule has 0 unspecified atom stereocenters. The van der Waals surface area contributed by atoms with Crippen LogP contribution in [0.15, 0.2) is 35.4 Å². The molecule has 1 rings (SSSR count). The van der Waals surface area contributed by atoms with E-state index in [1.807, 2.05) is 5.32 Å². The zero-order chi connectivity index (χ0) is 15.0. The summed E-state index contributed by atoms with van der Waals surface area (Å²) in [7, 11) is 0. The molecule has 1 N–H and O–H groups in total. The maximum atomic E-state index is 12.4. The van der Waals surface area contributed by atoms with Crippen LogP contribution < -0.4 is 5.32 Å². The number of nitrogens with zero attached hydrogens (tertiary/aromatic N) is 3. The molecule has 9 heteroatoms. The van der Waals surface area contributed by atoms with Crippen molar-refractivity contribution in [2.45, 2.75) is 18.8 Å². The summed E-state index contributed by atoms with van der Waals surface area (Å²) >= 11 is 0. The summed E-state index contributed by atoms with van der Waals surface area (Å²) in [6.07, 6.45) is -5.74. The van der Waals surface area contributed by atoms with E-state index in [-0.39, 0.29) is 6.61 Å². The number of amides is 1. The Morgan fingerprint density at radius 2 is 2.05 bits per heavy atom. The van der Waals surface area contributed by atoms with Gasteiger partial charge in [0.05, 0.1) is 0 Å². The van der Waals surface area contributed by atoms with Crippen molar-refractivity contribution in [1.82, 2.24) is 5.32 Å². The van der Waals surface area contributed by atoms with Gasteiger partial charge >= 0.3 is 12.3 Å². The van der Waals surface area contributed by atoms with Crippen LogP contribution in [0.3, 0.4) is 0 Å². The summed E-state index contributed by atoms with van der Waals surface area (Å²) in [4.78, 5) is 13.3. The third-order valence-corrected chi connectivity index (χ3v) is 2.22. The first-order chi connectivity index (χ1) is 9.43. The van der Waals surface area contributed by atoms with Gasteiger partial charge in [0.1, 0.15) is 6.61 Å². The monoisotopic (exact) mass is 288 g/mol. The Morgan fingerprint density at radius 3 is 2.60 bits per heavy atom. The van der Waals surface area contributed by atoms with Crippen LogP contribution in [0.4, 0.5) is 18.0 Å². The van der Waals surface area contributed by atoms with Gasteiger partial charge < -0.3 is 10.1 Å². The number of alkyl carbamates (subject to hydrolysis) is 1. The number of benzene rings is 1. The summed E-state index contributed by atoms with van der Waals surface area (Å²) in [5, 5.41) is 4.47. The Kier molecular flexibility index (Phi) is 5.67. The molecule has 108 valence electrons. The average molecular weight is 288 g/mol. The van der Waals surface area contributed by atoms with Gasteiger partial charge in [-0.3, -0.25) is 0 Å². The van der Waals surface area contributed by atoms with Gasteiger partial charge in [-0.05, 0) is 11.1 Å². The second-order valence-corrected chi connectivity index (χ2v) is 3.70. The van der Waals surface area contributed by atoms with E-state index in [0.717, 1.165) is 0 Å². The third kappa shape index (κ3) is 5.49. The van der Waals surface area contributed by atoms with Crippen LogP contribution >= 0.6 is 0 Å². The highest BCUT2D eigenvalue weighted by atomic mass is 19.4. The number of carbonyl (C=O) groups is 1. The first kappa shape index (κ1) is 15.6. The van der Waals surface area contributed by atoms with Crippen LogP contribution in [0.1, 0.15) is 5.56 Å². The molecule has 0 aliphatic heterocycles. The van der Waals surface area contributed by atoms with Gasteiger partial charge in [-0.25, -0.2) is 4.79 Å². The number of halogens is 3. The van der Waals surface area contributed by atoms with Crippen molar-refractivity contribution in [3.8, 4) is 0 Å². The van der Waals surface area contributed by atoms with Crippen molar-refractivity contribution in [3.05, 3.63) is 46.3 Å². The second-order valence-electron chi connectivity index (χ2n) is 3.70. The van der Waals surface area contributed by atoms with Crippen molar-refractivity contribution >= 4 is 6.09 Å². The van der Waals surface area contributed by atoms with E-state index < -0.39 is 24.9 Å². The normalized spacial score (nSPS) is 12.2. The van der Waals surface area contributed by atoms with Gasteiger partial charge in [-0.2, -0.15) is 13.2 Å². The van der Waals surface area contributed by atoms with Crippen molar-refractivity contribution in [3.63, 3.8) is 0 Å². The molecule has 1 aromatic rings. The molecule has 0 spiro atoms. The highest BCUT2D eigenvalue weighted by Gasteiger charge is 2.39. The van der Waals surface area contributed by atoms with E-state index >= 15 is 0 Å². The number of alkyl halides is 3. The average Bonchev–Trinajstić information content (AvgIpc) is 2.41. The van der Waals surface area contributed by atoms with Gasteiger partial charge in [0.15, 0.2) is 6.04 Å². The summed E-state index contributed by atoms with van der Waals surface area (Å²) in [6.45, 7) is -0.938. The first-order valence-electron chi connectivity index (χ1n) is 5.49. The molecule has 20 heavy (non-hydrogen) atoms. The molecular formula is C11H11F3N4O2. The lowest BCUT2D eigenvalue weighted by Gasteiger charge is -2.15. The van der Waals surface area contributed by atoms with Crippen LogP contribution in [0.25, 0.3) is 10.4 Å². The molecule has 0 bridgehead atoms. The van der Waals surface area contributed by atoms with Crippen molar-refractivity contribution in [2.75, 3.05) is 6.54 Å². The van der Waals surface area contributed by atoms with Gasteiger partial charge in [0.25, 0.3) is 0 Å². The van der Waals surface area contributed by atoms with Crippen molar-refractivity contribution < 1.29 is 22.7 Å². The van der Waals surface area contributed by atoms with Crippen molar-refractivity contribution in [2.24, 2.45) is 5.11 Å². The van der Waals surface area contributed by atoms with Crippen LogP contribution in [0.2, 0.25) is 0 Å². The Labute approximate surface area is 112 Å². The zero-order valence-electron chi connectivity index (χ0n) is 10.2. The maximum Gasteiger partial charge on any atom is 0.407 e. The molecule has 0 aliphatic carbocycles. The lowest BCUT2D eigenvalue weighted by atomic mass is 10.2. The topological polar surface area (TPSA) is 87.1 Å². The van der Waals surface area contributed by atoms with Crippen LogP contribution in [0, 0.1) is 0 Å². The Balaban J connectivity index is 2.40. The van der Waals surface area contributed by atoms with Gasteiger partial charge in [-0.15, -0.1) is 0 Å². The summed E-state index contributed by atoms with van der Waals surface area (Å²) < 4.78 is 41.8. The van der Waals surface area contributed by atoms with E-state index in [9.17, 15) is 18.0 Å². The molecule has 0 heterocycles. The molecule has 1 aromatic carbocycles. The summed E-state index contributed by atoms with van der Waals surface area (Å²) in [6, 6.07) is 6.32. The molecule has 0 radical (unpaired) electrons. The highest BCUT2D eigenvalue weighted by Crippen LogP contribution is 2.22. The number of hydrogen-bond acceptors (Lipinski definition) is 3. The maximum absolute atomic E-state index is 12.4. The largest absolute Gasteiger partial charge is 0.445 e. The third-order valence-electron chi connectivity index (χ3n) is 2.22. The minimum Gasteiger partial charge on any atom is -0.445 e. The Bertz CT molecular complexity index is 486. The second kappa shape index (κ2) is 7.25. The van der Waals surface area contributed by atoms with Gasteiger partial charge in [0.2, 0.25) is 0 Å². The van der Waals surface area contributed by atoms with E-state index in [0.29, 0.717) is 5.56 Å². The number of carbonyl (C=O) groups excluding carboxylic acids is 1. The number of azide groups is 1. The lowest BCUT2D eigenvalue weighted by molar-refractivity contribution is -0.145. The summed E-state index contributed by atoms with van der Waals surface area (Å²) in [5.74, 6) is 0. The number of rotatable bonds is 5. The molecule has 1 atom stereocenters. The highest BCUT2D eigenvalue weighted by molar-refractivity contribution is 5.67. The fraction of sp³-hybridized carbons (Fsp3) is 0.364. The van der Waals surface area contributed by atoms with E-state index in [4.69, 9.17) is 10.3 Å². The van der Waals surface area contributed by atoms with Crippen LogP contribution in [0.5, 0.6) is 0 Å². The fourth-order valence-electron chi connectivity index (χ4n) is 1.24. The number of ether oxygens (including phenoxy) is 1. The minimum absolute atomic E-state index is 0.0646. The first-order valence-corrected chi connectivity index (χ1v) is 5.49. The molecule has 0 aliphatic rings. The quantitative estimate of drug-likeness (QED) is 0.512. The SMILES string of the molecule is [N-]=[N+]=N[C@H](CNC(=O)OCc1ccccc1)C(F)(F)F. The smallest absolute Gasteiger partial charge is 0.407 e. The molecule has 6 nitrogen and oxygen atoms in total. The molecule has 0 aromatic heterocycles. The fourth-order valence-corrected chi connectivity index (χ4v) is 1.24. The van der Waals surface area contributed by atoms with Crippen LogP contribution in [-0.2, 0) is 11.3 Å². The number of hydrogen-bond donors (Lipinski definition) is 1. The van der Waals surface area contributed by atoms with Gasteiger partial charge in [-0.1, -0.05) is 35.4 Å². The predicted molar refractivity (Wildman–Crippen MR) is 63.6 cm³/mol. The standard InChI is InChI=1S/C11H11F3N4O2/c12-11(13,14)9(17-18-15)6-16-10(19)20-7-8-4-2-1-3-5-8/h1-5,9H,6-7H2,(H,16,19)/t9-/m1/s1. The molecule has 1 amide bonds. The van der Waals surface area contributed by atoms with Gasteiger partial charge in [0, 0.05) is 11.5 Å². The van der Waals surface area contributed by atoms with E-state index in [1.54, 1.807) is 30.3 Å². The minimum atomic E-state index is -4.72. The zero-order valence-corrected chi connectivity index (χ0v) is 10.2. The molecule has 0 fully saturated rings. The Hall–Kier alpha value is -2.41. The molecule has 0 saturated heterocycles. The van der Waals surface area contributed by atoms with Crippen molar-refractivity contribution in [1.29, 1.82) is 0 Å². The predicted octanol–water partition coefficient (Wildman–Crippen LogP) is 3.15.